The topological polar surface area (TPSA) is 91.8 Å². The number of sulfonamides is 2. The molecule has 0 N–H and O–H groups in total. The van der Waals surface area contributed by atoms with Crippen LogP contribution in [0.3, 0.4) is 0 Å². The Morgan fingerprint density at radius 3 is 2.19 bits per heavy atom. The van der Waals surface area contributed by atoms with Crippen LogP contribution in [0, 0.1) is 17.5 Å². The number of halogens is 4. The first kappa shape index (κ1) is 32.5. The Morgan fingerprint density at radius 2 is 1.52 bits per heavy atom. The van der Waals surface area contributed by atoms with Crippen molar-refractivity contribution >= 4 is 48.1 Å². The van der Waals surface area contributed by atoms with Gasteiger partial charge in [-0.3, -0.25) is 8.51 Å². The van der Waals surface area contributed by atoms with Crippen molar-refractivity contribution in [2.24, 2.45) is 0 Å². The summed E-state index contributed by atoms with van der Waals surface area (Å²) in [5, 5.41) is 0.281. The van der Waals surface area contributed by atoms with Crippen molar-refractivity contribution in [1.29, 1.82) is 0 Å². The Kier molecular flexibility index (Phi) is 10.4. The second-order valence-electron chi connectivity index (χ2n) is 9.89. The van der Waals surface area contributed by atoms with Gasteiger partial charge in [0.15, 0.2) is 0 Å². The van der Waals surface area contributed by atoms with Crippen LogP contribution in [0.1, 0.15) is 36.9 Å². The van der Waals surface area contributed by atoms with Gasteiger partial charge in [-0.2, -0.15) is 0 Å². The van der Waals surface area contributed by atoms with E-state index < -0.39 is 60.0 Å². The molecule has 1 saturated heterocycles. The van der Waals surface area contributed by atoms with Gasteiger partial charge < -0.3 is 0 Å². The molecule has 7 nitrogen and oxygen atoms in total. The number of hydrogen-bond acceptors (Lipinski definition) is 5. The van der Waals surface area contributed by atoms with Crippen molar-refractivity contribution in [2.75, 3.05) is 34.7 Å². The molecule has 42 heavy (non-hydrogen) atoms. The number of benzene rings is 3. The Balaban J connectivity index is 1.62. The maximum Gasteiger partial charge on any atom is 0.264 e. The fourth-order valence-electron chi connectivity index (χ4n) is 4.87. The minimum absolute atomic E-state index is 0.147. The SMILES string of the molecule is CC(c1ccc(F)cc1CCCCS(=O)(=O)N1CCS(=O)CC1)N(c1cc(F)ccc1F)S(=O)(=O)c1ccc(Cl)cc1. The highest BCUT2D eigenvalue weighted by atomic mass is 35.5. The molecule has 1 aliphatic heterocycles. The van der Waals surface area contributed by atoms with Crippen LogP contribution in [0.4, 0.5) is 18.9 Å². The molecule has 0 aliphatic carbocycles. The van der Waals surface area contributed by atoms with Gasteiger partial charge in [-0.1, -0.05) is 17.7 Å². The first-order valence-corrected chi connectivity index (χ1v) is 18.1. The van der Waals surface area contributed by atoms with Crippen LogP contribution in [0.5, 0.6) is 0 Å². The van der Waals surface area contributed by atoms with Crippen molar-refractivity contribution in [3.63, 3.8) is 0 Å². The quantitative estimate of drug-likeness (QED) is 0.256. The molecule has 1 heterocycles. The first-order valence-electron chi connectivity index (χ1n) is 13.2. The van der Waals surface area contributed by atoms with Crippen molar-refractivity contribution in [3.05, 3.63) is 94.3 Å². The van der Waals surface area contributed by atoms with Gasteiger partial charge in [0.2, 0.25) is 10.0 Å². The lowest BCUT2D eigenvalue weighted by Crippen LogP contribution is -2.42. The normalized spacial score (nSPS) is 15.9. The van der Waals surface area contributed by atoms with Gasteiger partial charge in [0.05, 0.1) is 22.4 Å². The Hall–Kier alpha value is -2.45. The van der Waals surface area contributed by atoms with Gasteiger partial charge in [0.25, 0.3) is 10.0 Å². The molecule has 1 unspecified atom stereocenters. The summed E-state index contributed by atoms with van der Waals surface area (Å²) in [4.78, 5) is -0.210. The first-order chi connectivity index (χ1) is 19.8. The molecule has 4 rings (SSSR count). The Morgan fingerprint density at radius 1 is 0.905 bits per heavy atom. The summed E-state index contributed by atoms with van der Waals surface area (Å²) in [6.07, 6.45) is 0.787. The molecule has 1 aliphatic rings. The molecule has 1 fully saturated rings. The van der Waals surface area contributed by atoms with Crippen LogP contribution in [-0.4, -0.2) is 55.7 Å². The number of anilines is 1. The summed E-state index contributed by atoms with van der Waals surface area (Å²) >= 11 is 5.93. The summed E-state index contributed by atoms with van der Waals surface area (Å²) < 4.78 is 111. The van der Waals surface area contributed by atoms with E-state index in [9.17, 15) is 29.8 Å². The van der Waals surface area contributed by atoms with Gasteiger partial charge in [-0.05, 0) is 85.8 Å². The molecule has 0 bridgehead atoms. The molecule has 3 aromatic rings. The fourth-order valence-corrected chi connectivity index (χ4v) is 9.49. The van der Waals surface area contributed by atoms with E-state index in [1.54, 1.807) is 0 Å². The van der Waals surface area contributed by atoms with Gasteiger partial charge in [0, 0.05) is 46.5 Å². The van der Waals surface area contributed by atoms with Gasteiger partial charge in [-0.25, -0.2) is 34.3 Å². The third-order valence-corrected chi connectivity index (χ3v) is 12.4. The van der Waals surface area contributed by atoms with Gasteiger partial charge in [0.1, 0.15) is 17.5 Å². The number of rotatable bonds is 11. The van der Waals surface area contributed by atoms with Crippen LogP contribution in [0.25, 0.3) is 0 Å². The number of unbranched alkanes of at least 4 members (excludes halogenated alkanes) is 1. The van der Waals surface area contributed by atoms with Gasteiger partial charge in [-0.15, -0.1) is 0 Å². The summed E-state index contributed by atoms with van der Waals surface area (Å²) in [6.45, 7) is 1.89. The van der Waals surface area contributed by atoms with E-state index in [0.717, 1.165) is 28.6 Å². The van der Waals surface area contributed by atoms with E-state index in [1.807, 2.05) is 0 Å². The highest BCUT2D eigenvalue weighted by Crippen LogP contribution is 2.37. The number of hydrogen-bond donors (Lipinski definition) is 0. The molecule has 0 radical (unpaired) electrons. The molecule has 1 atom stereocenters. The minimum atomic E-state index is -4.48. The lowest BCUT2D eigenvalue weighted by molar-refractivity contribution is 0.437. The molecule has 228 valence electrons. The molecule has 3 aromatic carbocycles. The predicted octanol–water partition coefficient (Wildman–Crippen LogP) is 5.43. The van der Waals surface area contributed by atoms with E-state index in [0.29, 0.717) is 29.1 Å². The van der Waals surface area contributed by atoms with E-state index in [2.05, 4.69) is 0 Å². The zero-order valence-corrected chi connectivity index (χ0v) is 25.9. The highest BCUT2D eigenvalue weighted by Gasteiger charge is 2.34. The van der Waals surface area contributed by atoms with Crippen LogP contribution in [0.15, 0.2) is 65.6 Å². The molecule has 0 aromatic heterocycles. The molecule has 0 spiro atoms. The van der Waals surface area contributed by atoms with Gasteiger partial charge >= 0.3 is 0 Å². The Labute approximate surface area is 251 Å². The number of aryl methyl sites for hydroxylation is 1. The maximum absolute atomic E-state index is 15.1. The highest BCUT2D eigenvalue weighted by molar-refractivity contribution is 7.92. The van der Waals surface area contributed by atoms with Crippen LogP contribution < -0.4 is 4.31 Å². The van der Waals surface area contributed by atoms with E-state index in [1.165, 1.54) is 47.6 Å². The van der Waals surface area contributed by atoms with E-state index in [4.69, 9.17) is 11.6 Å². The summed E-state index contributed by atoms with van der Waals surface area (Å²) in [5.41, 5.74) is 0.224. The molecule has 0 saturated carbocycles. The second-order valence-corrected chi connectivity index (χ2v) is 15.9. The lowest BCUT2D eigenvalue weighted by Gasteiger charge is -2.32. The molecule has 14 heteroatoms. The smallest absolute Gasteiger partial charge is 0.259 e. The zero-order valence-electron chi connectivity index (χ0n) is 22.7. The van der Waals surface area contributed by atoms with Crippen molar-refractivity contribution in [1.82, 2.24) is 4.31 Å². The fraction of sp³-hybridized carbons (Fsp3) is 0.357. The maximum atomic E-state index is 15.1. The average Bonchev–Trinajstić information content (AvgIpc) is 2.93. The molecule has 0 amide bonds. The largest absolute Gasteiger partial charge is 0.264 e. The monoisotopic (exact) mass is 662 g/mol. The van der Waals surface area contributed by atoms with E-state index >= 15 is 4.39 Å². The zero-order chi connectivity index (χ0) is 30.7. The number of nitrogens with zero attached hydrogens (tertiary/aromatic N) is 2. The average molecular weight is 663 g/mol. The van der Waals surface area contributed by atoms with Crippen molar-refractivity contribution in [3.8, 4) is 0 Å². The summed E-state index contributed by atoms with van der Waals surface area (Å²) in [5.74, 6) is -1.97. The summed E-state index contributed by atoms with van der Waals surface area (Å²) in [7, 11) is -9.05. The molecular formula is C28H30ClF3N2O5S3. The predicted molar refractivity (Wildman–Crippen MR) is 158 cm³/mol. The van der Waals surface area contributed by atoms with Crippen LogP contribution >= 0.6 is 11.6 Å². The lowest BCUT2D eigenvalue weighted by atomic mass is 9.97. The second kappa shape index (κ2) is 13.5. The third-order valence-electron chi connectivity index (χ3n) is 7.05. The van der Waals surface area contributed by atoms with Crippen LogP contribution in [0.2, 0.25) is 5.02 Å². The Bertz CT molecular complexity index is 1660. The van der Waals surface area contributed by atoms with E-state index in [-0.39, 0.29) is 41.6 Å². The third kappa shape index (κ3) is 7.54. The summed E-state index contributed by atoms with van der Waals surface area (Å²) in [6, 6.07) is 10.4. The van der Waals surface area contributed by atoms with Crippen LogP contribution in [-0.2, 0) is 37.3 Å². The standard InChI is InChI=1S/C28H30ClF3N2O5S3/c1-20(34(28-19-24(31)8-12-27(28)32)42(38,39)25-9-5-22(29)6-10-25)26-11-7-23(30)18-21(26)4-2-3-17-41(36,37)33-13-15-40(35)16-14-33/h5-12,18-20H,2-4,13-17H2,1H3. The molecular weight excluding hydrogens is 633 g/mol. The minimum Gasteiger partial charge on any atom is -0.259 e. The van der Waals surface area contributed by atoms with Crippen molar-refractivity contribution in [2.45, 2.75) is 37.1 Å². The van der Waals surface area contributed by atoms with Crippen molar-refractivity contribution < 1.29 is 34.2 Å².